The Bertz CT molecular complexity index is 843. The number of para-hydroxylation sites is 1. The van der Waals surface area contributed by atoms with E-state index in [0.29, 0.717) is 17.7 Å². The molecule has 2 fully saturated rings. The highest BCUT2D eigenvalue weighted by Crippen LogP contribution is 2.33. The molecule has 4 rings (SSSR count). The van der Waals surface area contributed by atoms with E-state index in [2.05, 4.69) is 9.88 Å². The standard InChI is InChI=1S/C21H26N2O2/c1-14-18(22-19-5-3-2-4-17(19)20(14)24)9-6-15-10-12-23(13-11-15)21(25)16-7-8-16/h2-5,15-16H,6-13H2,1H3,(H,22,24). The second kappa shape index (κ2) is 6.66. The maximum absolute atomic E-state index is 12.5. The van der Waals surface area contributed by atoms with Gasteiger partial charge in [-0.05, 0) is 63.5 Å². The average Bonchev–Trinajstić information content (AvgIpc) is 3.49. The largest absolute Gasteiger partial charge is 0.358 e. The summed E-state index contributed by atoms with van der Waals surface area (Å²) in [5, 5.41) is 0.774. The van der Waals surface area contributed by atoms with Gasteiger partial charge in [0.15, 0.2) is 5.43 Å². The predicted octanol–water partition coefficient (Wildman–Crippen LogP) is 3.42. The molecule has 4 nitrogen and oxygen atoms in total. The molecule has 2 heterocycles. The number of H-pyrrole nitrogens is 1. The lowest BCUT2D eigenvalue weighted by Gasteiger charge is -2.32. The number of aryl methyl sites for hydroxylation is 1. The third-order valence-corrected chi connectivity index (χ3v) is 5.91. The normalized spacial score (nSPS) is 18.7. The maximum Gasteiger partial charge on any atom is 0.225 e. The molecule has 1 saturated heterocycles. The third kappa shape index (κ3) is 3.35. The fraction of sp³-hybridized carbons (Fsp3) is 0.524. The highest BCUT2D eigenvalue weighted by atomic mass is 16.2. The summed E-state index contributed by atoms with van der Waals surface area (Å²) in [6.07, 6.45) is 6.36. The molecule has 1 aromatic carbocycles. The molecule has 1 amide bonds. The zero-order valence-electron chi connectivity index (χ0n) is 14.9. The summed E-state index contributed by atoms with van der Waals surface area (Å²) in [5.41, 5.74) is 2.99. The first-order chi connectivity index (χ1) is 12.1. The van der Waals surface area contributed by atoms with Crippen LogP contribution in [0.25, 0.3) is 10.9 Å². The molecular weight excluding hydrogens is 312 g/mol. The van der Waals surface area contributed by atoms with Gasteiger partial charge in [0.25, 0.3) is 0 Å². The van der Waals surface area contributed by atoms with Crippen molar-refractivity contribution in [3.05, 3.63) is 45.7 Å². The van der Waals surface area contributed by atoms with Gasteiger partial charge in [0, 0.05) is 41.2 Å². The Balaban J connectivity index is 1.39. The Labute approximate surface area is 148 Å². The number of hydrogen-bond donors (Lipinski definition) is 1. The molecule has 2 aromatic rings. The second-order valence-corrected chi connectivity index (χ2v) is 7.68. The van der Waals surface area contributed by atoms with Gasteiger partial charge in [-0.2, -0.15) is 0 Å². The van der Waals surface area contributed by atoms with Crippen LogP contribution in [0.4, 0.5) is 0 Å². The Morgan fingerprint density at radius 3 is 2.60 bits per heavy atom. The lowest BCUT2D eigenvalue weighted by atomic mass is 9.90. The zero-order chi connectivity index (χ0) is 17.4. The Hall–Kier alpha value is -2.10. The Morgan fingerprint density at radius 1 is 1.16 bits per heavy atom. The van der Waals surface area contributed by atoms with E-state index < -0.39 is 0 Å². The number of amides is 1. The van der Waals surface area contributed by atoms with Crippen LogP contribution < -0.4 is 5.43 Å². The summed E-state index contributed by atoms with van der Waals surface area (Å²) in [5.74, 6) is 1.37. The lowest BCUT2D eigenvalue weighted by molar-refractivity contribution is -0.133. The summed E-state index contributed by atoms with van der Waals surface area (Å²) >= 11 is 0. The molecule has 1 aliphatic heterocycles. The van der Waals surface area contributed by atoms with Gasteiger partial charge in [0.2, 0.25) is 5.91 Å². The molecule has 0 bridgehead atoms. The monoisotopic (exact) mass is 338 g/mol. The first kappa shape index (κ1) is 16.4. The number of piperidine rings is 1. The number of nitrogens with one attached hydrogen (secondary N) is 1. The van der Waals surface area contributed by atoms with Gasteiger partial charge in [-0.25, -0.2) is 0 Å². The predicted molar refractivity (Wildman–Crippen MR) is 99.7 cm³/mol. The molecule has 4 heteroatoms. The third-order valence-electron chi connectivity index (χ3n) is 5.91. The first-order valence-corrected chi connectivity index (χ1v) is 9.53. The number of carbonyl (C=O) groups excluding carboxylic acids is 1. The van der Waals surface area contributed by atoms with Crippen molar-refractivity contribution in [2.75, 3.05) is 13.1 Å². The molecule has 0 unspecified atom stereocenters. The molecular formula is C21H26N2O2. The molecule has 0 spiro atoms. The van der Waals surface area contributed by atoms with E-state index >= 15 is 0 Å². The van der Waals surface area contributed by atoms with E-state index in [1.807, 2.05) is 31.2 Å². The second-order valence-electron chi connectivity index (χ2n) is 7.68. The minimum absolute atomic E-state index is 0.147. The van der Waals surface area contributed by atoms with Gasteiger partial charge in [-0.15, -0.1) is 0 Å². The van der Waals surface area contributed by atoms with Crippen molar-refractivity contribution < 1.29 is 4.79 Å². The van der Waals surface area contributed by atoms with Crippen molar-refractivity contribution in [2.24, 2.45) is 11.8 Å². The number of rotatable bonds is 4. The van der Waals surface area contributed by atoms with Crippen LogP contribution in [-0.2, 0) is 11.2 Å². The van der Waals surface area contributed by atoms with Crippen LogP contribution in [-0.4, -0.2) is 28.9 Å². The first-order valence-electron chi connectivity index (χ1n) is 9.53. The van der Waals surface area contributed by atoms with Gasteiger partial charge in [0.1, 0.15) is 0 Å². The highest BCUT2D eigenvalue weighted by molar-refractivity contribution is 5.81. The van der Waals surface area contributed by atoms with Gasteiger partial charge in [-0.1, -0.05) is 12.1 Å². The number of aromatic amines is 1. The van der Waals surface area contributed by atoms with Gasteiger partial charge < -0.3 is 9.88 Å². The quantitative estimate of drug-likeness (QED) is 0.929. The summed E-state index contributed by atoms with van der Waals surface area (Å²) in [4.78, 5) is 30.2. The minimum atomic E-state index is 0.147. The minimum Gasteiger partial charge on any atom is -0.358 e. The van der Waals surface area contributed by atoms with Crippen molar-refractivity contribution in [1.29, 1.82) is 0 Å². The molecule has 1 N–H and O–H groups in total. The van der Waals surface area contributed by atoms with Crippen molar-refractivity contribution in [2.45, 2.75) is 45.4 Å². The molecule has 0 atom stereocenters. The van der Waals surface area contributed by atoms with E-state index in [1.165, 1.54) is 0 Å². The average molecular weight is 338 g/mol. The number of carbonyl (C=O) groups is 1. The number of likely N-dealkylation sites (tertiary alicyclic amines) is 1. The van der Waals surface area contributed by atoms with Crippen LogP contribution in [0.15, 0.2) is 29.1 Å². The molecule has 1 saturated carbocycles. The number of nitrogens with zero attached hydrogens (tertiary/aromatic N) is 1. The van der Waals surface area contributed by atoms with Crippen LogP contribution >= 0.6 is 0 Å². The summed E-state index contributed by atoms with van der Waals surface area (Å²) < 4.78 is 0. The Morgan fingerprint density at radius 2 is 1.88 bits per heavy atom. The van der Waals surface area contributed by atoms with Crippen LogP contribution in [0, 0.1) is 18.8 Å². The smallest absolute Gasteiger partial charge is 0.225 e. The number of aromatic nitrogens is 1. The van der Waals surface area contributed by atoms with E-state index in [-0.39, 0.29) is 5.43 Å². The zero-order valence-corrected chi connectivity index (χ0v) is 14.9. The van der Waals surface area contributed by atoms with Crippen LogP contribution in [0.1, 0.15) is 43.4 Å². The summed E-state index contributed by atoms with van der Waals surface area (Å²) in [6, 6.07) is 7.73. The molecule has 2 aliphatic rings. The maximum atomic E-state index is 12.5. The van der Waals surface area contributed by atoms with Crippen molar-refractivity contribution in [3.63, 3.8) is 0 Å². The number of hydrogen-bond acceptors (Lipinski definition) is 2. The van der Waals surface area contributed by atoms with E-state index in [9.17, 15) is 9.59 Å². The van der Waals surface area contributed by atoms with Crippen LogP contribution in [0.5, 0.6) is 0 Å². The van der Waals surface area contributed by atoms with E-state index in [1.54, 1.807) is 0 Å². The van der Waals surface area contributed by atoms with Crippen LogP contribution in [0.2, 0.25) is 0 Å². The van der Waals surface area contributed by atoms with Crippen LogP contribution in [0.3, 0.4) is 0 Å². The SMILES string of the molecule is Cc1c(CCC2CCN(C(=O)C3CC3)CC2)[nH]c2ccccc2c1=O. The van der Waals surface area contributed by atoms with Crippen molar-refractivity contribution in [3.8, 4) is 0 Å². The van der Waals surface area contributed by atoms with Gasteiger partial charge in [0.05, 0.1) is 0 Å². The van der Waals surface area contributed by atoms with Gasteiger partial charge in [-0.3, -0.25) is 9.59 Å². The summed E-state index contributed by atoms with van der Waals surface area (Å²) in [7, 11) is 0. The molecule has 0 radical (unpaired) electrons. The fourth-order valence-corrected chi connectivity index (χ4v) is 4.01. The summed E-state index contributed by atoms with van der Waals surface area (Å²) in [6.45, 7) is 3.75. The molecule has 1 aromatic heterocycles. The van der Waals surface area contributed by atoms with Crippen molar-refractivity contribution >= 4 is 16.8 Å². The van der Waals surface area contributed by atoms with Crippen molar-refractivity contribution in [1.82, 2.24) is 9.88 Å². The number of pyridine rings is 1. The number of benzene rings is 1. The van der Waals surface area contributed by atoms with Gasteiger partial charge >= 0.3 is 0 Å². The highest BCUT2D eigenvalue weighted by Gasteiger charge is 2.34. The molecule has 1 aliphatic carbocycles. The fourth-order valence-electron chi connectivity index (χ4n) is 4.01. The Kier molecular flexibility index (Phi) is 4.36. The number of fused-ring (bicyclic) bond motifs is 1. The van der Waals surface area contributed by atoms with E-state index in [4.69, 9.17) is 0 Å². The van der Waals surface area contributed by atoms with E-state index in [0.717, 1.165) is 73.8 Å². The lowest BCUT2D eigenvalue weighted by Crippen LogP contribution is -2.39. The molecule has 132 valence electrons. The molecule has 25 heavy (non-hydrogen) atoms. The topological polar surface area (TPSA) is 53.2 Å².